The highest BCUT2D eigenvalue weighted by atomic mass is 19.1. The maximum atomic E-state index is 13.2. The highest BCUT2D eigenvalue weighted by molar-refractivity contribution is 5.92. The minimum Gasteiger partial charge on any atom is -0.468 e. The number of carbonyl (C=O) groups excluding carboxylic acids is 2. The van der Waals surface area contributed by atoms with Crippen LogP contribution in [0.1, 0.15) is 32.1 Å². The molecule has 0 bridgehead atoms. The second kappa shape index (κ2) is 7.30. The minimum atomic E-state index is -0.395. The van der Waals surface area contributed by atoms with Crippen LogP contribution in [0.15, 0.2) is 24.3 Å². The van der Waals surface area contributed by atoms with Crippen molar-refractivity contribution < 1.29 is 18.7 Å². The first kappa shape index (κ1) is 16.9. The predicted octanol–water partition coefficient (Wildman–Crippen LogP) is 2.57. The minimum absolute atomic E-state index is 0.122. The lowest BCUT2D eigenvalue weighted by molar-refractivity contribution is -0.146. The number of hydrogen-bond acceptors (Lipinski definition) is 4. The van der Waals surface area contributed by atoms with Gasteiger partial charge < -0.3 is 10.1 Å². The van der Waals surface area contributed by atoms with E-state index in [9.17, 15) is 14.0 Å². The number of ether oxygens (including phenoxy) is 1. The second-order valence-electron chi connectivity index (χ2n) is 6.62. The highest BCUT2D eigenvalue weighted by Crippen LogP contribution is 2.39. The molecule has 0 radical (unpaired) electrons. The van der Waals surface area contributed by atoms with Crippen molar-refractivity contribution >= 4 is 17.6 Å². The molecule has 1 saturated heterocycles. The Bertz CT molecular complexity index is 622. The van der Waals surface area contributed by atoms with Crippen LogP contribution in [0.5, 0.6) is 0 Å². The summed E-state index contributed by atoms with van der Waals surface area (Å²) in [5.74, 6) is -0.456. The molecule has 0 spiro atoms. The van der Waals surface area contributed by atoms with Crippen molar-refractivity contribution in [2.45, 2.75) is 44.2 Å². The Morgan fingerprint density at radius 1 is 1.33 bits per heavy atom. The van der Waals surface area contributed by atoms with Crippen molar-refractivity contribution in [2.75, 3.05) is 19.0 Å². The van der Waals surface area contributed by atoms with Crippen molar-refractivity contribution in [3.05, 3.63) is 30.1 Å². The number of hydrogen-bond donors (Lipinski definition) is 1. The van der Waals surface area contributed by atoms with Crippen LogP contribution < -0.4 is 5.32 Å². The lowest BCUT2D eigenvalue weighted by Crippen LogP contribution is -2.46. The Labute approximate surface area is 141 Å². The molecule has 24 heavy (non-hydrogen) atoms. The summed E-state index contributed by atoms with van der Waals surface area (Å²) in [5, 5.41) is 2.71. The summed E-state index contributed by atoms with van der Waals surface area (Å²) in [6.07, 6.45) is 5.16. The molecule has 3 rings (SSSR count). The summed E-state index contributed by atoms with van der Waals surface area (Å²) in [7, 11) is 1.38. The third kappa shape index (κ3) is 3.59. The van der Waals surface area contributed by atoms with E-state index >= 15 is 0 Å². The molecule has 130 valence electrons. The zero-order valence-electron chi connectivity index (χ0n) is 13.8. The van der Waals surface area contributed by atoms with Crippen molar-refractivity contribution in [1.82, 2.24) is 4.90 Å². The smallest absolute Gasteiger partial charge is 0.323 e. The van der Waals surface area contributed by atoms with Gasteiger partial charge in [0.25, 0.3) is 0 Å². The van der Waals surface area contributed by atoms with Crippen molar-refractivity contribution in [3.8, 4) is 0 Å². The van der Waals surface area contributed by atoms with Gasteiger partial charge in [0, 0.05) is 11.7 Å². The Morgan fingerprint density at radius 3 is 2.88 bits per heavy atom. The number of halogens is 1. The molecule has 1 aliphatic carbocycles. The average molecular weight is 334 g/mol. The van der Waals surface area contributed by atoms with Crippen molar-refractivity contribution in [3.63, 3.8) is 0 Å². The fourth-order valence-electron chi connectivity index (χ4n) is 4.08. The molecule has 1 aromatic carbocycles. The quantitative estimate of drug-likeness (QED) is 0.860. The molecule has 3 unspecified atom stereocenters. The van der Waals surface area contributed by atoms with E-state index in [0.29, 0.717) is 11.6 Å². The fourth-order valence-corrected chi connectivity index (χ4v) is 4.08. The van der Waals surface area contributed by atoms with Gasteiger partial charge in [0.15, 0.2) is 0 Å². The molecule has 2 fully saturated rings. The molecule has 2 aliphatic rings. The molecule has 1 amide bonds. The number of benzene rings is 1. The van der Waals surface area contributed by atoms with Crippen LogP contribution in [0.25, 0.3) is 0 Å². The van der Waals surface area contributed by atoms with Gasteiger partial charge >= 0.3 is 5.97 Å². The van der Waals surface area contributed by atoms with Crippen LogP contribution >= 0.6 is 0 Å². The highest BCUT2D eigenvalue weighted by Gasteiger charge is 2.46. The van der Waals surface area contributed by atoms with Gasteiger partial charge in [0.1, 0.15) is 11.9 Å². The SMILES string of the molecule is COC(=O)C1CC2CCCCC2N1CC(=O)Nc1cccc(F)c1. The van der Waals surface area contributed by atoms with E-state index in [0.717, 1.165) is 25.7 Å². The van der Waals surface area contributed by atoms with E-state index in [-0.39, 0.29) is 30.5 Å². The number of likely N-dealkylation sites (tertiary alicyclic amines) is 1. The summed E-state index contributed by atoms with van der Waals surface area (Å²) in [6.45, 7) is 0.122. The van der Waals surface area contributed by atoms with Gasteiger partial charge in [-0.15, -0.1) is 0 Å². The molecule has 3 atom stereocenters. The Hall–Kier alpha value is -1.95. The molecular formula is C18H23FN2O3. The van der Waals surface area contributed by atoms with Crippen molar-refractivity contribution in [2.24, 2.45) is 5.92 Å². The van der Waals surface area contributed by atoms with Gasteiger partial charge in [-0.3, -0.25) is 14.5 Å². The van der Waals surface area contributed by atoms with Crippen molar-refractivity contribution in [1.29, 1.82) is 0 Å². The fraction of sp³-hybridized carbons (Fsp3) is 0.556. The Morgan fingerprint density at radius 2 is 2.12 bits per heavy atom. The molecule has 0 aromatic heterocycles. The number of methoxy groups -OCH3 is 1. The van der Waals surface area contributed by atoms with Gasteiger partial charge in [0.2, 0.25) is 5.91 Å². The van der Waals surface area contributed by atoms with Crippen LogP contribution in [0, 0.1) is 11.7 Å². The first-order chi connectivity index (χ1) is 11.6. The standard InChI is InChI=1S/C18H23FN2O3/c1-24-18(23)16-9-12-5-2-3-8-15(12)21(16)11-17(22)20-14-7-4-6-13(19)10-14/h4,6-7,10,12,15-16H,2-3,5,8-9,11H2,1H3,(H,20,22). The Kier molecular flexibility index (Phi) is 5.14. The number of nitrogens with zero attached hydrogens (tertiary/aromatic N) is 1. The molecule has 1 saturated carbocycles. The summed E-state index contributed by atoms with van der Waals surface area (Å²) in [6, 6.07) is 5.70. The van der Waals surface area contributed by atoms with E-state index in [2.05, 4.69) is 5.32 Å². The van der Waals surface area contributed by atoms with Gasteiger partial charge in [0.05, 0.1) is 13.7 Å². The van der Waals surface area contributed by atoms with Crippen LogP contribution in [-0.4, -0.2) is 42.5 Å². The molecule has 1 aromatic rings. The predicted molar refractivity (Wildman–Crippen MR) is 87.9 cm³/mol. The number of esters is 1. The summed E-state index contributed by atoms with van der Waals surface area (Å²) in [5.41, 5.74) is 0.425. The molecular weight excluding hydrogens is 311 g/mol. The van der Waals surface area contributed by atoms with E-state index in [1.54, 1.807) is 12.1 Å². The third-order valence-corrected chi connectivity index (χ3v) is 5.13. The number of fused-ring (bicyclic) bond motifs is 1. The normalized spacial score (nSPS) is 26.7. The molecule has 6 heteroatoms. The maximum Gasteiger partial charge on any atom is 0.323 e. The number of rotatable bonds is 4. The summed E-state index contributed by atoms with van der Waals surface area (Å²) < 4.78 is 18.2. The third-order valence-electron chi connectivity index (χ3n) is 5.13. The summed E-state index contributed by atoms with van der Waals surface area (Å²) in [4.78, 5) is 26.5. The summed E-state index contributed by atoms with van der Waals surface area (Å²) >= 11 is 0. The van der Waals surface area contributed by atoms with Gasteiger partial charge in [-0.2, -0.15) is 0 Å². The van der Waals surface area contributed by atoms with Gasteiger partial charge in [-0.05, 0) is 43.4 Å². The van der Waals surface area contributed by atoms with Crippen LogP contribution in [0.2, 0.25) is 0 Å². The number of nitrogens with one attached hydrogen (secondary N) is 1. The molecule has 1 N–H and O–H groups in total. The van der Waals surface area contributed by atoms with E-state index in [1.807, 2.05) is 4.90 Å². The van der Waals surface area contributed by atoms with Gasteiger partial charge in [-0.25, -0.2) is 4.39 Å². The first-order valence-corrected chi connectivity index (χ1v) is 8.47. The number of amides is 1. The molecule has 1 aliphatic heterocycles. The van der Waals surface area contributed by atoms with Crippen LogP contribution in [-0.2, 0) is 14.3 Å². The molecule has 1 heterocycles. The largest absolute Gasteiger partial charge is 0.468 e. The molecule has 5 nitrogen and oxygen atoms in total. The van der Waals surface area contributed by atoms with E-state index in [1.165, 1.54) is 25.7 Å². The van der Waals surface area contributed by atoms with Gasteiger partial charge in [-0.1, -0.05) is 18.9 Å². The van der Waals surface area contributed by atoms with Crippen LogP contribution in [0.4, 0.5) is 10.1 Å². The topological polar surface area (TPSA) is 58.6 Å². The maximum absolute atomic E-state index is 13.2. The van der Waals surface area contributed by atoms with E-state index < -0.39 is 5.82 Å². The second-order valence-corrected chi connectivity index (χ2v) is 6.62. The zero-order chi connectivity index (χ0) is 17.1. The van der Waals surface area contributed by atoms with E-state index in [4.69, 9.17) is 4.74 Å². The lowest BCUT2D eigenvalue weighted by Gasteiger charge is -2.32. The lowest BCUT2D eigenvalue weighted by atomic mass is 9.85. The number of carbonyl (C=O) groups is 2. The van der Waals surface area contributed by atoms with Crippen LogP contribution in [0.3, 0.4) is 0 Å². The first-order valence-electron chi connectivity index (χ1n) is 8.47. The monoisotopic (exact) mass is 334 g/mol. The zero-order valence-corrected chi connectivity index (χ0v) is 13.8. The Balaban J connectivity index is 1.70. The average Bonchev–Trinajstić information content (AvgIpc) is 2.93. The number of anilines is 1.